The zero-order chi connectivity index (χ0) is 11.9. The van der Waals surface area contributed by atoms with E-state index in [2.05, 4.69) is 20.8 Å². The lowest BCUT2D eigenvalue weighted by atomic mass is 9.93. The highest BCUT2D eigenvalue weighted by Gasteiger charge is 2.09. The first-order valence-electron chi connectivity index (χ1n) is 5.93. The highest BCUT2D eigenvalue weighted by molar-refractivity contribution is 5.80. The molecule has 0 aliphatic carbocycles. The molecule has 0 bridgehead atoms. The third kappa shape index (κ3) is 9.92. The molecule has 0 atom stereocenters. The van der Waals surface area contributed by atoms with Crippen LogP contribution in [0, 0.1) is 11.3 Å². The van der Waals surface area contributed by atoms with Crippen molar-refractivity contribution in [2.75, 3.05) is 13.2 Å². The van der Waals surface area contributed by atoms with Crippen molar-refractivity contribution in [3.63, 3.8) is 0 Å². The fraction of sp³-hybridized carbons (Fsp3) is 0.923. The van der Waals surface area contributed by atoms with Gasteiger partial charge in [-0.05, 0) is 18.3 Å². The Morgan fingerprint density at radius 3 is 2.27 bits per heavy atom. The third-order valence-electron chi connectivity index (χ3n) is 2.35. The Kier molecular flexibility index (Phi) is 6.82. The van der Waals surface area contributed by atoms with Crippen LogP contribution in [0.3, 0.4) is 0 Å². The lowest BCUT2D eigenvalue weighted by molar-refractivity contribution is -0.122. The predicted octanol–water partition coefficient (Wildman–Crippen LogP) is 3.44. The van der Waals surface area contributed by atoms with E-state index in [1.807, 2.05) is 13.8 Å². The smallest absolute Gasteiger partial charge is 0.135 e. The van der Waals surface area contributed by atoms with Crippen LogP contribution < -0.4 is 0 Å². The van der Waals surface area contributed by atoms with E-state index >= 15 is 0 Å². The molecule has 0 aromatic carbocycles. The number of carbonyl (C=O) groups is 1. The van der Waals surface area contributed by atoms with Gasteiger partial charge in [-0.3, -0.25) is 4.79 Å². The van der Waals surface area contributed by atoms with Crippen LogP contribution in [0.1, 0.15) is 53.9 Å². The molecule has 0 spiro atoms. The molecule has 0 unspecified atom stereocenters. The van der Waals surface area contributed by atoms with E-state index in [1.54, 1.807) is 0 Å². The van der Waals surface area contributed by atoms with Gasteiger partial charge in [-0.25, -0.2) is 0 Å². The van der Waals surface area contributed by atoms with Gasteiger partial charge in [-0.1, -0.05) is 34.6 Å². The number of ether oxygens (including phenoxy) is 1. The van der Waals surface area contributed by atoms with Crippen molar-refractivity contribution in [2.45, 2.75) is 53.9 Å². The highest BCUT2D eigenvalue weighted by atomic mass is 16.5. The van der Waals surface area contributed by atoms with Crippen molar-refractivity contribution < 1.29 is 9.53 Å². The normalized spacial score (nSPS) is 12.1. The fourth-order valence-corrected chi connectivity index (χ4v) is 1.12. The van der Waals surface area contributed by atoms with Gasteiger partial charge in [0.25, 0.3) is 0 Å². The summed E-state index contributed by atoms with van der Waals surface area (Å²) in [7, 11) is 0. The van der Waals surface area contributed by atoms with Crippen LogP contribution in [-0.4, -0.2) is 19.0 Å². The zero-order valence-electron chi connectivity index (χ0n) is 10.9. The second-order valence-corrected chi connectivity index (χ2v) is 5.65. The molecule has 2 heteroatoms. The maximum absolute atomic E-state index is 11.3. The minimum Gasteiger partial charge on any atom is -0.381 e. The first-order valence-corrected chi connectivity index (χ1v) is 5.93. The zero-order valence-corrected chi connectivity index (χ0v) is 10.9. The van der Waals surface area contributed by atoms with Crippen LogP contribution in [0.25, 0.3) is 0 Å². The molecule has 0 aliphatic heterocycles. The summed E-state index contributed by atoms with van der Waals surface area (Å²) in [5.74, 6) is 0.508. The summed E-state index contributed by atoms with van der Waals surface area (Å²) in [5, 5.41) is 0. The summed E-state index contributed by atoms with van der Waals surface area (Å²) in [6.07, 6.45) is 2.60. The van der Waals surface area contributed by atoms with Crippen molar-refractivity contribution in [2.24, 2.45) is 11.3 Å². The van der Waals surface area contributed by atoms with Crippen LogP contribution in [0.5, 0.6) is 0 Å². The van der Waals surface area contributed by atoms with Crippen LogP contribution in [-0.2, 0) is 9.53 Å². The topological polar surface area (TPSA) is 26.3 Å². The fourth-order valence-electron chi connectivity index (χ4n) is 1.12. The highest BCUT2D eigenvalue weighted by Crippen LogP contribution is 2.17. The Hall–Kier alpha value is -0.370. The molecule has 15 heavy (non-hydrogen) atoms. The van der Waals surface area contributed by atoms with Crippen molar-refractivity contribution in [1.29, 1.82) is 0 Å². The molecule has 2 nitrogen and oxygen atoms in total. The van der Waals surface area contributed by atoms with Gasteiger partial charge in [0.05, 0.1) is 0 Å². The molecule has 0 rings (SSSR count). The van der Waals surface area contributed by atoms with Crippen molar-refractivity contribution >= 4 is 5.78 Å². The SMILES string of the molecule is CC(C)C(=O)CCCOCCC(C)(C)C. The first kappa shape index (κ1) is 14.6. The van der Waals surface area contributed by atoms with Crippen molar-refractivity contribution in [1.82, 2.24) is 0 Å². The quantitative estimate of drug-likeness (QED) is 0.607. The molecule has 0 aromatic heterocycles. The minimum absolute atomic E-state index is 0.166. The van der Waals surface area contributed by atoms with Gasteiger partial charge < -0.3 is 4.74 Å². The summed E-state index contributed by atoms with van der Waals surface area (Å²) in [6.45, 7) is 12.0. The van der Waals surface area contributed by atoms with Gasteiger partial charge in [0.15, 0.2) is 0 Å². The van der Waals surface area contributed by atoms with E-state index in [4.69, 9.17) is 4.74 Å². The number of carbonyl (C=O) groups excluding carboxylic acids is 1. The largest absolute Gasteiger partial charge is 0.381 e. The summed E-state index contributed by atoms with van der Waals surface area (Å²) in [4.78, 5) is 11.3. The van der Waals surface area contributed by atoms with Crippen LogP contribution in [0.2, 0.25) is 0 Å². The molecule has 0 fully saturated rings. The molecule has 0 saturated carbocycles. The molecular formula is C13H26O2. The molecule has 0 heterocycles. The number of hydrogen-bond acceptors (Lipinski definition) is 2. The monoisotopic (exact) mass is 214 g/mol. The second-order valence-electron chi connectivity index (χ2n) is 5.65. The van der Waals surface area contributed by atoms with Crippen LogP contribution >= 0.6 is 0 Å². The number of ketones is 1. The molecule has 0 radical (unpaired) electrons. The molecule has 0 aromatic rings. The lowest BCUT2D eigenvalue weighted by Crippen LogP contribution is -2.11. The van der Waals surface area contributed by atoms with Gasteiger partial charge in [0.2, 0.25) is 0 Å². The van der Waals surface area contributed by atoms with Gasteiger partial charge >= 0.3 is 0 Å². The van der Waals surface area contributed by atoms with Gasteiger partial charge in [-0.15, -0.1) is 0 Å². The molecular weight excluding hydrogens is 188 g/mol. The van der Waals surface area contributed by atoms with Crippen molar-refractivity contribution in [3.8, 4) is 0 Å². The minimum atomic E-state index is 0.166. The Balaban J connectivity index is 3.30. The second kappa shape index (κ2) is 7.00. The summed E-state index contributed by atoms with van der Waals surface area (Å²) in [5.41, 5.74) is 0.341. The van der Waals surface area contributed by atoms with E-state index in [0.717, 1.165) is 19.4 Å². The molecule has 0 aliphatic rings. The molecule has 0 saturated heterocycles. The van der Waals surface area contributed by atoms with E-state index in [0.29, 0.717) is 24.2 Å². The van der Waals surface area contributed by atoms with E-state index in [1.165, 1.54) is 0 Å². The maximum Gasteiger partial charge on any atom is 0.135 e. The van der Waals surface area contributed by atoms with Gasteiger partial charge in [0.1, 0.15) is 5.78 Å². The standard InChI is InChI=1S/C13H26O2/c1-11(2)12(14)7-6-9-15-10-8-13(3,4)5/h11H,6-10H2,1-5H3. The average molecular weight is 214 g/mol. The number of rotatable bonds is 7. The molecule has 90 valence electrons. The molecule has 0 N–H and O–H groups in total. The van der Waals surface area contributed by atoms with E-state index in [9.17, 15) is 4.79 Å². The Morgan fingerprint density at radius 1 is 1.20 bits per heavy atom. The van der Waals surface area contributed by atoms with Crippen LogP contribution in [0.4, 0.5) is 0 Å². The number of Topliss-reactive ketones (excluding diaryl/α,β-unsaturated/α-hetero) is 1. The summed E-state index contributed by atoms with van der Waals surface area (Å²) < 4.78 is 5.49. The van der Waals surface area contributed by atoms with Crippen LogP contribution in [0.15, 0.2) is 0 Å². The number of hydrogen-bond donors (Lipinski definition) is 0. The third-order valence-corrected chi connectivity index (χ3v) is 2.35. The maximum atomic E-state index is 11.3. The Morgan fingerprint density at radius 2 is 1.80 bits per heavy atom. The summed E-state index contributed by atoms with van der Waals surface area (Å²) >= 11 is 0. The Bertz CT molecular complexity index is 177. The van der Waals surface area contributed by atoms with Crippen molar-refractivity contribution in [3.05, 3.63) is 0 Å². The lowest BCUT2D eigenvalue weighted by Gasteiger charge is -2.17. The predicted molar refractivity (Wildman–Crippen MR) is 64.0 cm³/mol. The average Bonchev–Trinajstić information content (AvgIpc) is 2.08. The Labute approximate surface area is 94.4 Å². The van der Waals surface area contributed by atoms with E-state index in [-0.39, 0.29) is 5.92 Å². The van der Waals surface area contributed by atoms with Gasteiger partial charge in [-0.2, -0.15) is 0 Å². The van der Waals surface area contributed by atoms with E-state index < -0.39 is 0 Å². The first-order chi connectivity index (χ1) is 6.83. The van der Waals surface area contributed by atoms with Gasteiger partial charge in [0, 0.05) is 25.6 Å². The summed E-state index contributed by atoms with van der Waals surface area (Å²) in [6, 6.07) is 0. The molecule has 0 amide bonds.